The average molecular weight is 377 g/mol. The van der Waals surface area contributed by atoms with E-state index in [-0.39, 0.29) is 21.7 Å². The first-order valence-electron chi connectivity index (χ1n) is 5.77. The summed E-state index contributed by atoms with van der Waals surface area (Å²) < 4.78 is 57.4. The Hall–Kier alpha value is -2.23. The number of halogens is 5. The standard InChI is InChI=1S/C12H5BrF4N4O/c13-7-5-6(1-2-8(7)14)22-10-4-3-9-18-19-11(12(15,16)17)21(9)20-10/h1-5H. The van der Waals surface area contributed by atoms with Crippen LogP contribution in [0.5, 0.6) is 11.6 Å². The van der Waals surface area contributed by atoms with E-state index < -0.39 is 17.8 Å². The summed E-state index contributed by atoms with van der Waals surface area (Å²) in [6.07, 6.45) is -4.69. The monoisotopic (exact) mass is 376 g/mol. The summed E-state index contributed by atoms with van der Waals surface area (Å²) in [5, 5.41) is 10.1. The Morgan fingerprint density at radius 2 is 1.86 bits per heavy atom. The van der Waals surface area contributed by atoms with Crippen LogP contribution in [0.3, 0.4) is 0 Å². The van der Waals surface area contributed by atoms with E-state index in [2.05, 4.69) is 31.2 Å². The van der Waals surface area contributed by atoms with Crippen LogP contribution in [0, 0.1) is 5.82 Å². The van der Waals surface area contributed by atoms with Gasteiger partial charge in [0.1, 0.15) is 11.6 Å². The lowest BCUT2D eigenvalue weighted by Crippen LogP contribution is -2.12. The van der Waals surface area contributed by atoms with Crippen molar-refractivity contribution in [2.75, 3.05) is 0 Å². The van der Waals surface area contributed by atoms with Gasteiger partial charge in [0, 0.05) is 6.07 Å². The van der Waals surface area contributed by atoms with Crippen LogP contribution >= 0.6 is 15.9 Å². The lowest BCUT2D eigenvalue weighted by atomic mass is 10.3. The summed E-state index contributed by atoms with van der Waals surface area (Å²) in [6.45, 7) is 0. The van der Waals surface area contributed by atoms with Gasteiger partial charge < -0.3 is 4.74 Å². The second-order valence-corrected chi connectivity index (χ2v) is 5.00. The van der Waals surface area contributed by atoms with Gasteiger partial charge in [0.05, 0.1) is 4.47 Å². The summed E-state index contributed by atoms with van der Waals surface area (Å²) >= 11 is 2.98. The van der Waals surface area contributed by atoms with E-state index in [1.54, 1.807) is 0 Å². The quantitative estimate of drug-likeness (QED) is 0.637. The van der Waals surface area contributed by atoms with Crippen molar-refractivity contribution < 1.29 is 22.3 Å². The Morgan fingerprint density at radius 1 is 1.09 bits per heavy atom. The molecule has 0 spiro atoms. The fourth-order valence-electron chi connectivity index (χ4n) is 1.66. The molecular formula is C12H5BrF4N4O. The SMILES string of the molecule is Fc1ccc(Oc2ccc3nnc(C(F)(F)F)n3n2)cc1Br. The number of fused-ring (bicyclic) bond motifs is 1. The Bertz CT molecular complexity index is 849. The van der Waals surface area contributed by atoms with Crippen LogP contribution in [0.4, 0.5) is 17.6 Å². The van der Waals surface area contributed by atoms with Gasteiger partial charge in [0.2, 0.25) is 5.88 Å². The van der Waals surface area contributed by atoms with Crippen molar-refractivity contribution >= 4 is 21.6 Å². The normalized spacial score (nSPS) is 11.9. The summed E-state index contributed by atoms with van der Waals surface area (Å²) in [5.41, 5.74) is -0.0695. The summed E-state index contributed by atoms with van der Waals surface area (Å²) in [4.78, 5) is 0. The minimum atomic E-state index is -4.69. The molecule has 0 fully saturated rings. The minimum Gasteiger partial charge on any atom is -0.438 e. The zero-order valence-corrected chi connectivity index (χ0v) is 12.1. The molecule has 0 atom stereocenters. The van der Waals surface area contributed by atoms with Crippen LogP contribution in [-0.4, -0.2) is 19.8 Å². The van der Waals surface area contributed by atoms with Gasteiger partial charge in [-0.25, -0.2) is 4.39 Å². The first-order valence-corrected chi connectivity index (χ1v) is 6.56. The zero-order chi connectivity index (χ0) is 15.9. The molecule has 2 heterocycles. The van der Waals surface area contributed by atoms with Gasteiger partial charge in [-0.15, -0.1) is 15.3 Å². The van der Waals surface area contributed by atoms with E-state index >= 15 is 0 Å². The summed E-state index contributed by atoms with van der Waals surface area (Å²) in [7, 11) is 0. The first-order chi connectivity index (χ1) is 10.3. The van der Waals surface area contributed by atoms with Gasteiger partial charge in [-0.05, 0) is 40.2 Å². The third-order valence-corrected chi connectivity index (χ3v) is 3.21. The van der Waals surface area contributed by atoms with Crippen LogP contribution in [0.25, 0.3) is 5.65 Å². The third kappa shape index (κ3) is 2.73. The number of alkyl halides is 3. The molecule has 0 N–H and O–H groups in total. The van der Waals surface area contributed by atoms with Crippen LogP contribution in [0.15, 0.2) is 34.8 Å². The maximum Gasteiger partial charge on any atom is 0.453 e. The van der Waals surface area contributed by atoms with Gasteiger partial charge in [-0.2, -0.15) is 17.7 Å². The van der Waals surface area contributed by atoms with Crippen molar-refractivity contribution in [1.29, 1.82) is 0 Å². The van der Waals surface area contributed by atoms with Gasteiger partial charge in [0.15, 0.2) is 5.65 Å². The molecule has 0 saturated carbocycles. The van der Waals surface area contributed by atoms with E-state index in [0.29, 0.717) is 4.52 Å². The summed E-state index contributed by atoms with van der Waals surface area (Å²) in [6, 6.07) is 6.42. The fraction of sp³-hybridized carbons (Fsp3) is 0.0833. The molecule has 0 aliphatic carbocycles. The molecule has 0 bridgehead atoms. The van der Waals surface area contributed by atoms with Crippen molar-refractivity contribution in [2.24, 2.45) is 0 Å². The smallest absolute Gasteiger partial charge is 0.438 e. The largest absolute Gasteiger partial charge is 0.453 e. The average Bonchev–Trinajstić information content (AvgIpc) is 2.86. The van der Waals surface area contributed by atoms with Crippen LogP contribution in [0.2, 0.25) is 0 Å². The number of rotatable bonds is 2. The predicted octanol–water partition coefficient (Wildman–Crippen LogP) is 3.84. The van der Waals surface area contributed by atoms with Gasteiger partial charge in [-0.3, -0.25) is 0 Å². The molecular weight excluding hydrogens is 372 g/mol. The lowest BCUT2D eigenvalue weighted by Gasteiger charge is -2.07. The van der Waals surface area contributed by atoms with Gasteiger partial charge >= 0.3 is 6.18 Å². The molecule has 114 valence electrons. The Morgan fingerprint density at radius 3 is 2.55 bits per heavy atom. The lowest BCUT2D eigenvalue weighted by molar-refractivity contribution is -0.146. The molecule has 3 rings (SSSR count). The van der Waals surface area contributed by atoms with Crippen LogP contribution < -0.4 is 4.74 Å². The highest BCUT2D eigenvalue weighted by atomic mass is 79.9. The van der Waals surface area contributed by atoms with E-state index in [9.17, 15) is 17.6 Å². The Balaban J connectivity index is 1.99. The highest BCUT2D eigenvalue weighted by molar-refractivity contribution is 9.10. The maximum atomic E-state index is 13.1. The zero-order valence-electron chi connectivity index (χ0n) is 10.5. The topological polar surface area (TPSA) is 52.3 Å². The Kier molecular flexibility index (Phi) is 3.47. The molecule has 0 radical (unpaired) electrons. The van der Waals surface area contributed by atoms with E-state index in [4.69, 9.17) is 4.74 Å². The van der Waals surface area contributed by atoms with E-state index in [1.165, 1.54) is 24.3 Å². The van der Waals surface area contributed by atoms with E-state index in [1.807, 2.05) is 0 Å². The maximum absolute atomic E-state index is 13.1. The predicted molar refractivity (Wildman–Crippen MR) is 70.0 cm³/mol. The Labute approximate surface area is 128 Å². The number of hydrogen-bond acceptors (Lipinski definition) is 4. The number of benzene rings is 1. The molecule has 5 nitrogen and oxygen atoms in total. The third-order valence-electron chi connectivity index (χ3n) is 2.61. The van der Waals surface area contributed by atoms with Crippen molar-refractivity contribution in [3.63, 3.8) is 0 Å². The molecule has 0 unspecified atom stereocenters. The molecule has 10 heteroatoms. The van der Waals surface area contributed by atoms with Crippen molar-refractivity contribution in [3.8, 4) is 11.6 Å². The van der Waals surface area contributed by atoms with Crippen molar-refractivity contribution in [3.05, 3.63) is 46.4 Å². The summed E-state index contributed by atoms with van der Waals surface area (Å²) in [5.74, 6) is -1.65. The molecule has 0 aliphatic rings. The number of nitrogens with zero attached hydrogens (tertiary/aromatic N) is 4. The first kappa shape index (κ1) is 14.7. The fourth-order valence-corrected chi connectivity index (χ4v) is 2.02. The second-order valence-electron chi connectivity index (χ2n) is 4.14. The van der Waals surface area contributed by atoms with Crippen LogP contribution in [-0.2, 0) is 6.18 Å². The molecule has 3 aromatic rings. The molecule has 2 aromatic heterocycles. The minimum absolute atomic E-state index is 0.0695. The number of ether oxygens (including phenoxy) is 1. The molecule has 1 aromatic carbocycles. The van der Waals surface area contributed by atoms with Crippen molar-refractivity contribution in [2.45, 2.75) is 6.18 Å². The molecule has 0 aliphatic heterocycles. The highest BCUT2D eigenvalue weighted by Crippen LogP contribution is 2.29. The number of hydrogen-bond donors (Lipinski definition) is 0. The molecule has 0 amide bonds. The molecule has 22 heavy (non-hydrogen) atoms. The van der Waals surface area contributed by atoms with Crippen molar-refractivity contribution in [1.82, 2.24) is 19.8 Å². The number of aromatic nitrogens is 4. The second kappa shape index (κ2) is 5.20. The van der Waals surface area contributed by atoms with Crippen LogP contribution in [0.1, 0.15) is 5.82 Å². The highest BCUT2D eigenvalue weighted by Gasteiger charge is 2.37. The van der Waals surface area contributed by atoms with E-state index in [0.717, 1.165) is 6.07 Å². The van der Waals surface area contributed by atoms with Gasteiger partial charge in [0.25, 0.3) is 5.82 Å². The molecule has 0 saturated heterocycles. The van der Waals surface area contributed by atoms with Gasteiger partial charge in [-0.1, -0.05) is 0 Å².